The lowest BCUT2D eigenvalue weighted by atomic mass is 9.93. The first-order chi connectivity index (χ1) is 6.10. The lowest BCUT2D eigenvalue weighted by Gasteiger charge is -2.27. The summed E-state index contributed by atoms with van der Waals surface area (Å²) in [5.74, 6) is 0.411. The van der Waals surface area contributed by atoms with Gasteiger partial charge in [-0.05, 0) is 5.92 Å². The summed E-state index contributed by atoms with van der Waals surface area (Å²) >= 11 is 0. The van der Waals surface area contributed by atoms with Gasteiger partial charge in [0.15, 0.2) is 0 Å². The third-order valence-corrected chi connectivity index (χ3v) is 1.87. The van der Waals surface area contributed by atoms with Crippen molar-refractivity contribution in [1.82, 2.24) is 0 Å². The molecule has 0 amide bonds. The van der Waals surface area contributed by atoms with Crippen LogP contribution in [0.2, 0.25) is 0 Å². The molecule has 4 nitrogen and oxygen atoms in total. The molecular formula is C9H20O4. The summed E-state index contributed by atoms with van der Waals surface area (Å²) in [5.41, 5.74) is -0.894. The third-order valence-electron chi connectivity index (χ3n) is 1.87. The number of hydrogen-bond acceptors (Lipinski definition) is 4. The zero-order valence-electron chi connectivity index (χ0n) is 8.36. The van der Waals surface area contributed by atoms with E-state index in [1.165, 1.54) is 0 Å². The largest absolute Gasteiger partial charge is 0.396 e. The molecule has 0 unspecified atom stereocenters. The van der Waals surface area contributed by atoms with Gasteiger partial charge in [-0.15, -0.1) is 0 Å². The molecule has 0 rings (SSSR count). The Labute approximate surface area is 79.2 Å². The molecule has 13 heavy (non-hydrogen) atoms. The van der Waals surface area contributed by atoms with Gasteiger partial charge in [0.1, 0.15) is 0 Å². The fourth-order valence-corrected chi connectivity index (χ4v) is 0.798. The van der Waals surface area contributed by atoms with Gasteiger partial charge in [-0.25, -0.2) is 0 Å². The molecule has 4 heteroatoms. The Kier molecular flexibility index (Phi) is 6.24. The molecule has 0 heterocycles. The van der Waals surface area contributed by atoms with Crippen molar-refractivity contribution in [2.45, 2.75) is 13.8 Å². The molecule has 0 aliphatic rings. The van der Waals surface area contributed by atoms with Gasteiger partial charge in [-0.2, -0.15) is 0 Å². The van der Waals surface area contributed by atoms with Crippen molar-refractivity contribution in [3.63, 3.8) is 0 Å². The van der Waals surface area contributed by atoms with E-state index in [0.29, 0.717) is 12.5 Å². The average Bonchev–Trinajstić information content (AvgIpc) is 2.13. The van der Waals surface area contributed by atoms with Crippen LogP contribution in [0, 0.1) is 11.3 Å². The van der Waals surface area contributed by atoms with E-state index in [1.807, 2.05) is 13.8 Å². The zero-order chi connectivity index (χ0) is 10.3. The molecule has 0 aromatic heterocycles. The second-order valence-electron chi connectivity index (χ2n) is 3.88. The number of hydrogen-bond donors (Lipinski definition) is 3. The highest BCUT2D eigenvalue weighted by Crippen LogP contribution is 2.15. The van der Waals surface area contributed by atoms with E-state index < -0.39 is 5.41 Å². The van der Waals surface area contributed by atoms with Crippen LogP contribution in [0.25, 0.3) is 0 Å². The van der Waals surface area contributed by atoms with E-state index >= 15 is 0 Å². The lowest BCUT2D eigenvalue weighted by Crippen LogP contribution is -2.39. The van der Waals surface area contributed by atoms with Crippen LogP contribution in [0.1, 0.15) is 13.8 Å². The van der Waals surface area contributed by atoms with Gasteiger partial charge >= 0.3 is 0 Å². The van der Waals surface area contributed by atoms with E-state index in [9.17, 15) is 0 Å². The first-order valence-corrected chi connectivity index (χ1v) is 4.50. The predicted molar refractivity (Wildman–Crippen MR) is 49.3 cm³/mol. The minimum atomic E-state index is -0.894. The van der Waals surface area contributed by atoms with Crippen LogP contribution < -0.4 is 0 Å². The Balaban J connectivity index is 3.81. The molecule has 0 saturated carbocycles. The summed E-state index contributed by atoms with van der Waals surface area (Å²) in [6.07, 6.45) is 0. The van der Waals surface area contributed by atoms with Gasteiger partial charge in [0.05, 0.1) is 31.8 Å². The molecule has 0 fully saturated rings. The standard InChI is InChI=1S/C9H20O4/c1-8(2)3-13-7-9(4-10,5-11)6-12/h8,10-12H,3-7H2,1-2H3. The molecule has 80 valence electrons. The SMILES string of the molecule is CC(C)COCC(CO)(CO)CO. The number of aliphatic hydroxyl groups is 3. The van der Waals surface area contributed by atoms with Crippen molar-refractivity contribution in [2.24, 2.45) is 11.3 Å². The van der Waals surface area contributed by atoms with Gasteiger partial charge in [0.2, 0.25) is 0 Å². The monoisotopic (exact) mass is 192 g/mol. The highest BCUT2D eigenvalue weighted by molar-refractivity contribution is 4.76. The first kappa shape index (κ1) is 12.8. The van der Waals surface area contributed by atoms with E-state index in [2.05, 4.69) is 0 Å². The van der Waals surface area contributed by atoms with Crippen LogP contribution in [-0.2, 0) is 4.74 Å². The second kappa shape index (κ2) is 6.32. The number of rotatable bonds is 7. The number of ether oxygens (including phenoxy) is 1. The maximum absolute atomic E-state index is 8.94. The summed E-state index contributed by atoms with van der Waals surface area (Å²) in [4.78, 5) is 0. The topological polar surface area (TPSA) is 69.9 Å². The molecule has 3 N–H and O–H groups in total. The van der Waals surface area contributed by atoms with Crippen LogP contribution in [0.5, 0.6) is 0 Å². The molecule has 0 bridgehead atoms. The van der Waals surface area contributed by atoms with E-state index in [4.69, 9.17) is 20.1 Å². The Morgan fingerprint density at radius 3 is 1.85 bits per heavy atom. The molecule has 0 aliphatic heterocycles. The van der Waals surface area contributed by atoms with E-state index in [1.54, 1.807) is 0 Å². The maximum Gasteiger partial charge on any atom is 0.0629 e. The van der Waals surface area contributed by atoms with Crippen molar-refractivity contribution in [3.8, 4) is 0 Å². The summed E-state index contributed by atoms with van der Waals surface area (Å²) in [6, 6.07) is 0. The fraction of sp³-hybridized carbons (Fsp3) is 1.00. The van der Waals surface area contributed by atoms with Crippen LogP contribution in [-0.4, -0.2) is 48.4 Å². The third kappa shape index (κ3) is 4.57. The van der Waals surface area contributed by atoms with Crippen molar-refractivity contribution in [3.05, 3.63) is 0 Å². The van der Waals surface area contributed by atoms with Gasteiger partial charge in [-0.3, -0.25) is 0 Å². The van der Waals surface area contributed by atoms with Gasteiger partial charge in [0.25, 0.3) is 0 Å². The summed E-state index contributed by atoms with van der Waals surface area (Å²) < 4.78 is 5.25. The van der Waals surface area contributed by atoms with E-state index in [-0.39, 0.29) is 26.4 Å². The van der Waals surface area contributed by atoms with Crippen molar-refractivity contribution in [2.75, 3.05) is 33.0 Å². The minimum Gasteiger partial charge on any atom is -0.396 e. The van der Waals surface area contributed by atoms with Crippen molar-refractivity contribution in [1.29, 1.82) is 0 Å². The highest BCUT2D eigenvalue weighted by atomic mass is 16.5. The van der Waals surface area contributed by atoms with Gasteiger partial charge < -0.3 is 20.1 Å². The smallest absolute Gasteiger partial charge is 0.0629 e. The minimum absolute atomic E-state index is 0.189. The Morgan fingerprint density at radius 2 is 1.54 bits per heavy atom. The van der Waals surface area contributed by atoms with Crippen LogP contribution in [0.3, 0.4) is 0 Å². The highest BCUT2D eigenvalue weighted by Gasteiger charge is 2.28. The predicted octanol–water partition coefficient (Wildman–Crippen LogP) is -0.378. The molecule has 0 aromatic carbocycles. The maximum atomic E-state index is 8.94. The summed E-state index contributed by atoms with van der Waals surface area (Å²) in [6.45, 7) is 3.99. The van der Waals surface area contributed by atoms with Gasteiger partial charge in [-0.1, -0.05) is 13.8 Å². The Morgan fingerprint density at radius 1 is 1.08 bits per heavy atom. The fourth-order valence-electron chi connectivity index (χ4n) is 0.798. The zero-order valence-corrected chi connectivity index (χ0v) is 8.36. The average molecular weight is 192 g/mol. The van der Waals surface area contributed by atoms with E-state index in [0.717, 1.165) is 0 Å². The second-order valence-corrected chi connectivity index (χ2v) is 3.88. The lowest BCUT2D eigenvalue weighted by molar-refractivity contribution is -0.0621. The molecule has 0 aromatic rings. The molecule has 0 saturated heterocycles. The molecule has 0 atom stereocenters. The summed E-state index contributed by atoms with van der Waals surface area (Å²) in [7, 11) is 0. The van der Waals surface area contributed by atoms with Crippen molar-refractivity contribution < 1.29 is 20.1 Å². The Bertz CT molecular complexity index is 113. The molecule has 0 spiro atoms. The van der Waals surface area contributed by atoms with Crippen molar-refractivity contribution >= 4 is 0 Å². The van der Waals surface area contributed by atoms with Crippen LogP contribution in [0.4, 0.5) is 0 Å². The molecule has 0 radical (unpaired) electrons. The normalized spacial score (nSPS) is 12.5. The number of aliphatic hydroxyl groups excluding tert-OH is 3. The molecule has 0 aliphatic carbocycles. The van der Waals surface area contributed by atoms with Gasteiger partial charge in [0, 0.05) is 6.61 Å². The van der Waals surface area contributed by atoms with Crippen LogP contribution in [0.15, 0.2) is 0 Å². The van der Waals surface area contributed by atoms with Crippen LogP contribution >= 0.6 is 0 Å². The first-order valence-electron chi connectivity index (χ1n) is 4.50. The summed E-state index contributed by atoms with van der Waals surface area (Å²) in [5, 5.41) is 26.8. The quantitative estimate of drug-likeness (QED) is 0.514. The molecular weight excluding hydrogens is 172 g/mol. The Hall–Kier alpha value is -0.160.